The molecule has 2 aliphatic heterocycles. The number of halogens is 1. The van der Waals surface area contributed by atoms with Crippen LogP contribution in [0.2, 0.25) is 0 Å². The van der Waals surface area contributed by atoms with Crippen LogP contribution in [0.3, 0.4) is 0 Å². The molecule has 1 unspecified atom stereocenters. The van der Waals surface area contributed by atoms with Gasteiger partial charge in [0.2, 0.25) is 5.91 Å². The number of anilines is 1. The van der Waals surface area contributed by atoms with Crippen LogP contribution >= 0.6 is 15.9 Å². The van der Waals surface area contributed by atoms with Crippen LogP contribution in [-0.2, 0) is 14.6 Å². The summed E-state index contributed by atoms with van der Waals surface area (Å²) in [5, 5.41) is 2.75. The third kappa shape index (κ3) is 3.16. The van der Waals surface area contributed by atoms with Gasteiger partial charge in [-0.3, -0.25) is 4.79 Å². The number of benzene rings is 1. The Hall–Kier alpha value is -1.28. The standard InChI is InChI=1S/C13H14BrNO5S/c14-9-5-11-12(20-3-2-19-11)6-10(9)15-13(16)8-1-4-21(17,18)7-8/h5-6,8H,1-4,7H2,(H,15,16). The zero-order chi connectivity index (χ0) is 15.0. The van der Waals surface area contributed by atoms with Crippen LogP contribution in [0.5, 0.6) is 11.5 Å². The van der Waals surface area contributed by atoms with Gasteiger partial charge in [-0.05, 0) is 22.4 Å². The van der Waals surface area contributed by atoms with Crippen LogP contribution in [0.15, 0.2) is 16.6 Å². The maximum atomic E-state index is 12.2. The van der Waals surface area contributed by atoms with Gasteiger partial charge in [-0.1, -0.05) is 0 Å². The van der Waals surface area contributed by atoms with E-state index in [-0.39, 0.29) is 17.4 Å². The monoisotopic (exact) mass is 375 g/mol. The molecule has 0 radical (unpaired) electrons. The van der Waals surface area contributed by atoms with Crippen molar-refractivity contribution in [2.45, 2.75) is 6.42 Å². The molecule has 3 rings (SSSR count). The predicted octanol–water partition coefficient (Wildman–Crippen LogP) is 1.59. The number of sulfone groups is 1. The third-order valence-electron chi connectivity index (χ3n) is 3.49. The Labute approximate surface area is 130 Å². The van der Waals surface area contributed by atoms with Gasteiger partial charge >= 0.3 is 0 Å². The highest BCUT2D eigenvalue weighted by molar-refractivity contribution is 9.10. The summed E-state index contributed by atoms with van der Waals surface area (Å²) in [7, 11) is -3.07. The number of rotatable bonds is 2. The molecule has 1 aromatic rings. The van der Waals surface area contributed by atoms with Crippen molar-refractivity contribution in [3.8, 4) is 11.5 Å². The van der Waals surface area contributed by atoms with Gasteiger partial charge in [-0.25, -0.2) is 8.42 Å². The van der Waals surface area contributed by atoms with Crippen molar-refractivity contribution in [2.75, 3.05) is 30.0 Å². The molecule has 21 heavy (non-hydrogen) atoms. The number of hydrogen-bond acceptors (Lipinski definition) is 5. The smallest absolute Gasteiger partial charge is 0.228 e. The number of hydrogen-bond donors (Lipinski definition) is 1. The number of ether oxygens (including phenoxy) is 2. The second-order valence-corrected chi connectivity index (χ2v) is 8.15. The molecular formula is C13H14BrNO5S. The Morgan fingerprint density at radius 2 is 1.90 bits per heavy atom. The molecule has 1 amide bonds. The number of amides is 1. The quantitative estimate of drug-likeness (QED) is 0.848. The van der Waals surface area contributed by atoms with Gasteiger partial charge in [0.15, 0.2) is 21.3 Å². The van der Waals surface area contributed by atoms with Crippen LogP contribution in [-0.4, -0.2) is 39.0 Å². The maximum absolute atomic E-state index is 12.2. The molecule has 1 aromatic carbocycles. The van der Waals surface area contributed by atoms with Crippen molar-refractivity contribution >= 4 is 37.4 Å². The van der Waals surface area contributed by atoms with Crippen LogP contribution < -0.4 is 14.8 Å². The molecule has 0 aromatic heterocycles. The van der Waals surface area contributed by atoms with Crippen molar-refractivity contribution in [3.05, 3.63) is 16.6 Å². The molecule has 6 nitrogen and oxygen atoms in total. The first-order valence-corrected chi connectivity index (χ1v) is 9.16. The lowest BCUT2D eigenvalue weighted by Gasteiger charge is -2.20. The van der Waals surface area contributed by atoms with Crippen molar-refractivity contribution in [1.82, 2.24) is 0 Å². The van der Waals surface area contributed by atoms with E-state index in [4.69, 9.17) is 9.47 Å². The fourth-order valence-electron chi connectivity index (χ4n) is 2.40. The van der Waals surface area contributed by atoms with Gasteiger partial charge in [0.1, 0.15) is 13.2 Å². The Bertz CT molecular complexity index is 688. The molecule has 1 N–H and O–H groups in total. The first-order valence-electron chi connectivity index (χ1n) is 6.55. The molecule has 0 saturated carbocycles. The predicted molar refractivity (Wildman–Crippen MR) is 80.5 cm³/mol. The molecule has 1 fully saturated rings. The topological polar surface area (TPSA) is 81.7 Å². The molecule has 2 aliphatic rings. The van der Waals surface area contributed by atoms with E-state index in [1.807, 2.05) is 0 Å². The van der Waals surface area contributed by atoms with Crippen LogP contribution in [0.25, 0.3) is 0 Å². The molecular weight excluding hydrogens is 362 g/mol. The molecule has 8 heteroatoms. The van der Waals surface area contributed by atoms with Crippen LogP contribution in [0, 0.1) is 5.92 Å². The maximum Gasteiger partial charge on any atom is 0.228 e. The molecule has 114 valence electrons. The molecule has 2 heterocycles. The van der Waals surface area contributed by atoms with E-state index in [2.05, 4.69) is 21.2 Å². The van der Waals surface area contributed by atoms with Crippen molar-refractivity contribution in [3.63, 3.8) is 0 Å². The summed E-state index contributed by atoms with van der Waals surface area (Å²) in [6, 6.07) is 3.41. The lowest BCUT2D eigenvalue weighted by molar-refractivity contribution is -0.119. The average Bonchev–Trinajstić information content (AvgIpc) is 2.80. The number of nitrogens with one attached hydrogen (secondary N) is 1. The van der Waals surface area contributed by atoms with E-state index in [0.717, 1.165) is 0 Å². The lowest BCUT2D eigenvalue weighted by Crippen LogP contribution is -2.24. The molecule has 1 saturated heterocycles. The van der Waals surface area contributed by atoms with E-state index in [9.17, 15) is 13.2 Å². The number of carbonyl (C=O) groups is 1. The van der Waals surface area contributed by atoms with Gasteiger partial charge in [-0.2, -0.15) is 0 Å². The van der Waals surface area contributed by atoms with E-state index >= 15 is 0 Å². The molecule has 0 bridgehead atoms. The van der Waals surface area contributed by atoms with Gasteiger partial charge in [-0.15, -0.1) is 0 Å². The summed E-state index contributed by atoms with van der Waals surface area (Å²) < 4.78 is 34.4. The average molecular weight is 376 g/mol. The Morgan fingerprint density at radius 3 is 2.52 bits per heavy atom. The van der Waals surface area contributed by atoms with Gasteiger partial charge in [0, 0.05) is 16.6 Å². The minimum atomic E-state index is -3.07. The van der Waals surface area contributed by atoms with Crippen molar-refractivity contribution < 1.29 is 22.7 Å². The summed E-state index contributed by atoms with van der Waals surface area (Å²) in [5.41, 5.74) is 0.550. The highest BCUT2D eigenvalue weighted by Crippen LogP contribution is 2.38. The van der Waals surface area contributed by atoms with E-state index in [0.29, 0.717) is 41.3 Å². The Kier molecular flexibility index (Phi) is 3.83. The Morgan fingerprint density at radius 1 is 1.24 bits per heavy atom. The zero-order valence-corrected chi connectivity index (χ0v) is 13.5. The van der Waals surface area contributed by atoms with Gasteiger partial charge in [0.05, 0.1) is 23.1 Å². The number of carbonyl (C=O) groups excluding carboxylic acids is 1. The van der Waals surface area contributed by atoms with E-state index < -0.39 is 15.8 Å². The van der Waals surface area contributed by atoms with Gasteiger partial charge in [0.25, 0.3) is 0 Å². The molecule has 1 atom stereocenters. The summed E-state index contributed by atoms with van der Waals surface area (Å²) >= 11 is 3.37. The largest absolute Gasteiger partial charge is 0.486 e. The Balaban J connectivity index is 1.77. The highest BCUT2D eigenvalue weighted by atomic mass is 79.9. The number of fused-ring (bicyclic) bond motifs is 1. The van der Waals surface area contributed by atoms with Crippen LogP contribution in [0.1, 0.15) is 6.42 Å². The minimum Gasteiger partial charge on any atom is -0.486 e. The SMILES string of the molecule is O=C(Nc1cc2c(cc1Br)OCCO2)C1CCS(=O)(=O)C1. The normalized spacial score (nSPS) is 22.8. The third-order valence-corrected chi connectivity index (χ3v) is 5.92. The van der Waals surface area contributed by atoms with Gasteiger partial charge < -0.3 is 14.8 Å². The lowest BCUT2D eigenvalue weighted by atomic mass is 10.1. The second kappa shape index (κ2) is 5.49. The van der Waals surface area contributed by atoms with Crippen LogP contribution in [0.4, 0.5) is 5.69 Å². The minimum absolute atomic E-state index is 0.0768. The summed E-state index contributed by atoms with van der Waals surface area (Å²) in [4.78, 5) is 12.2. The fraction of sp³-hybridized carbons (Fsp3) is 0.462. The van der Waals surface area contributed by atoms with Crippen molar-refractivity contribution in [1.29, 1.82) is 0 Å². The summed E-state index contributed by atoms with van der Waals surface area (Å²) in [6.07, 6.45) is 0.371. The zero-order valence-electron chi connectivity index (χ0n) is 11.1. The van der Waals surface area contributed by atoms with E-state index in [1.165, 1.54) is 0 Å². The fourth-order valence-corrected chi connectivity index (χ4v) is 4.56. The molecule has 0 spiro atoms. The summed E-state index contributed by atoms with van der Waals surface area (Å²) in [5.74, 6) is 0.408. The van der Waals surface area contributed by atoms with E-state index in [1.54, 1.807) is 12.1 Å². The first kappa shape index (κ1) is 14.6. The molecule has 0 aliphatic carbocycles. The highest BCUT2D eigenvalue weighted by Gasteiger charge is 2.33. The first-order chi connectivity index (χ1) is 9.94. The van der Waals surface area contributed by atoms with Crippen molar-refractivity contribution in [2.24, 2.45) is 5.92 Å². The second-order valence-electron chi connectivity index (χ2n) is 5.06. The summed E-state index contributed by atoms with van der Waals surface area (Å²) in [6.45, 7) is 0.952.